The molecule has 2 amide bonds. The number of hydrogen-bond donors (Lipinski definition) is 1. The van der Waals surface area contributed by atoms with Gasteiger partial charge >= 0.3 is 0 Å². The first-order valence-electron chi connectivity index (χ1n) is 13.1. The van der Waals surface area contributed by atoms with Crippen LogP contribution in [0.1, 0.15) is 49.7 Å². The zero-order chi connectivity index (χ0) is 25.9. The number of thioether (sulfide) groups is 1. The largest absolute Gasteiger partial charge is 0.352 e. The van der Waals surface area contributed by atoms with E-state index in [1.807, 2.05) is 60.7 Å². The lowest BCUT2D eigenvalue weighted by Gasteiger charge is -2.33. The molecule has 1 aliphatic carbocycles. The van der Waals surface area contributed by atoms with Crippen molar-refractivity contribution in [1.29, 1.82) is 0 Å². The molecule has 1 fully saturated rings. The number of hydrogen-bond acceptors (Lipinski definition) is 3. The molecule has 0 heterocycles. The Morgan fingerprint density at radius 3 is 2.24 bits per heavy atom. The van der Waals surface area contributed by atoms with E-state index in [2.05, 4.69) is 5.32 Å². The molecule has 0 aliphatic heterocycles. The van der Waals surface area contributed by atoms with Crippen LogP contribution in [0.15, 0.2) is 89.8 Å². The summed E-state index contributed by atoms with van der Waals surface area (Å²) < 4.78 is 14.7. The van der Waals surface area contributed by atoms with Crippen LogP contribution in [0.2, 0.25) is 0 Å². The van der Waals surface area contributed by atoms with Gasteiger partial charge < -0.3 is 10.2 Å². The Balaban J connectivity index is 1.57. The minimum absolute atomic E-state index is 0.0527. The Morgan fingerprint density at radius 1 is 0.892 bits per heavy atom. The molecule has 1 saturated carbocycles. The molecular formula is C31H35FN2O2S. The molecule has 0 saturated heterocycles. The number of amides is 2. The summed E-state index contributed by atoms with van der Waals surface area (Å²) in [7, 11) is 0. The molecule has 0 aromatic heterocycles. The van der Waals surface area contributed by atoms with Crippen molar-refractivity contribution in [3.8, 4) is 0 Å². The van der Waals surface area contributed by atoms with E-state index in [4.69, 9.17) is 0 Å². The summed E-state index contributed by atoms with van der Waals surface area (Å²) in [6.07, 6.45) is 5.95. The second-order valence-corrected chi connectivity index (χ2v) is 10.7. The van der Waals surface area contributed by atoms with Gasteiger partial charge in [-0.15, -0.1) is 11.8 Å². The highest BCUT2D eigenvalue weighted by Crippen LogP contribution is 2.23. The summed E-state index contributed by atoms with van der Waals surface area (Å²) in [5, 5.41) is 3.23. The number of nitrogens with zero attached hydrogens (tertiary/aromatic N) is 1. The Bertz CT molecular complexity index is 1140. The van der Waals surface area contributed by atoms with Crippen LogP contribution in [-0.4, -0.2) is 34.6 Å². The molecule has 6 heteroatoms. The van der Waals surface area contributed by atoms with E-state index in [0.29, 0.717) is 17.7 Å². The highest BCUT2D eigenvalue weighted by molar-refractivity contribution is 7.99. The van der Waals surface area contributed by atoms with E-state index in [0.717, 1.165) is 36.1 Å². The molecule has 4 rings (SSSR count). The first-order chi connectivity index (χ1) is 18.1. The quantitative estimate of drug-likeness (QED) is 0.299. The van der Waals surface area contributed by atoms with E-state index in [-0.39, 0.29) is 36.6 Å². The van der Waals surface area contributed by atoms with Crippen LogP contribution in [-0.2, 0) is 22.6 Å². The van der Waals surface area contributed by atoms with Gasteiger partial charge in [0.05, 0.1) is 0 Å². The number of nitrogens with one attached hydrogen (secondary N) is 1. The predicted octanol–water partition coefficient (Wildman–Crippen LogP) is 6.40. The molecule has 4 nitrogen and oxygen atoms in total. The fourth-order valence-electron chi connectivity index (χ4n) is 4.82. The van der Waals surface area contributed by atoms with Gasteiger partial charge in [-0.05, 0) is 36.6 Å². The van der Waals surface area contributed by atoms with Crippen LogP contribution in [0.4, 0.5) is 4.39 Å². The van der Waals surface area contributed by atoms with Gasteiger partial charge in [0.15, 0.2) is 0 Å². The number of halogens is 1. The summed E-state index contributed by atoms with van der Waals surface area (Å²) in [6, 6.07) is 25.6. The summed E-state index contributed by atoms with van der Waals surface area (Å²) >= 11 is 1.61. The summed E-state index contributed by atoms with van der Waals surface area (Å²) in [4.78, 5) is 30.1. The van der Waals surface area contributed by atoms with Crippen molar-refractivity contribution < 1.29 is 14.0 Å². The maximum atomic E-state index is 14.7. The van der Waals surface area contributed by atoms with Crippen LogP contribution in [0.3, 0.4) is 0 Å². The highest BCUT2D eigenvalue weighted by atomic mass is 32.2. The van der Waals surface area contributed by atoms with Crippen molar-refractivity contribution in [2.75, 3.05) is 5.75 Å². The lowest BCUT2D eigenvalue weighted by atomic mass is 9.94. The van der Waals surface area contributed by atoms with Gasteiger partial charge in [0, 0.05) is 41.6 Å². The molecule has 1 atom stereocenters. The van der Waals surface area contributed by atoms with Gasteiger partial charge in [-0.25, -0.2) is 4.39 Å². The zero-order valence-corrected chi connectivity index (χ0v) is 22.0. The Kier molecular flexibility index (Phi) is 10.2. The van der Waals surface area contributed by atoms with Crippen LogP contribution < -0.4 is 5.32 Å². The normalized spacial score (nSPS) is 14.6. The minimum Gasteiger partial charge on any atom is -0.352 e. The van der Waals surface area contributed by atoms with E-state index in [1.165, 1.54) is 12.5 Å². The number of carbonyl (C=O) groups excluding carboxylic acids is 2. The van der Waals surface area contributed by atoms with E-state index < -0.39 is 6.04 Å². The van der Waals surface area contributed by atoms with Gasteiger partial charge in [0.1, 0.15) is 11.9 Å². The number of rotatable bonds is 11. The van der Waals surface area contributed by atoms with Gasteiger partial charge in [0.2, 0.25) is 11.8 Å². The van der Waals surface area contributed by atoms with Crippen molar-refractivity contribution in [1.82, 2.24) is 10.2 Å². The van der Waals surface area contributed by atoms with Gasteiger partial charge in [-0.1, -0.05) is 86.0 Å². The topological polar surface area (TPSA) is 49.4 Å². The molecule has 0 unspecified atom stereocenters. The van der Waals surface area contributed by atoms with Gasteiger partial charge in [-0.3, -0.25) is 9.59 Å². The highest BCUT2D eigenvalue weighted by Gasteiger charge is 2.32. The molecule has 0 radical (unpaired) electrons. The summed E-state index contributed by atoms with van der Waals surface area (Å²) in [5.41, 5.74) is 1.38. The molecule has 1 N–H and O–H groups in total. The molecular weight excluding hydrogens is 483 g/mol. The third-order valence-electron chi connectivity index (χ3n) is 6.85. The molecule has 1 aliphatic rings. The SMILES string of the molecule is O=C(NC1CCCCC1)[C@H](Cc1ccccc1)N(Cc1ccccc1F)C(=O)CCSc1ccccc1. The van der Waals surface area contributed by atoms with Crippen LogP contribution >= 0.6 is 11.8 Å². The lowest BCUT2D eigenvalue weighted by molar-refractivity contribution is -0.141. The average Bonchev–Trinajstić information content (AvgIpc) is 2.93. The lowest BCUT2D eigenvalue weighted by Crippen LogP contribution is -2.53. The smallest absolute Gasteiger partial charge is 0.243 e. The Morgan fingerprint density at radius 2 is 1.54 bits per heavy atom. The van der Waals surface area contributed by atoms with E-state index >= 15 is 0 Å². The van der Waals surface area contributed by atoms with Crippen LogP contribution in [0.25, 0.3) is 0 Å². The maximum absolute atomic E-state index is 14.7. The number of benzene rings is 3. The van der Waals surface area contributed by atoms with Crippen LogP contribution in [0, 0.1) is 5.82 Å². The van der Waals surface area contributed by atoms with Crippen molar-refractivity contribution in [3.05, 3.63) is 102 Å². The van der Waals surface area contributed by atoms with Crippen LogP contribution in [0.5, 0.6) is 0 Å². The van der Waals surface area contributed by atoms with Crippen molar-refractivity contribution in [3.63, 3.8) is 0 Å². The first-order valence-corrected chi connectivity index (χ1v) is 14.1. The van der Waals surface area contributed by atoms with Gasteiger partial charge in [0.25, 0.3) is 0 Å². The maximum Gasteiger partial charge on any atom is 0.243 e. The Hall–Kier alpha value is -3.12. The third-order valence-corrected chi connectivity index (χ3v) is 7.86. The van der Waals surface area contributed by atoms with Crippen molar-refractivity contribution >= 4 is 23.6 Å². The molecule has 0 bridgehead atoms. The molecule has 0 spiro atoms. The monoisotopic (exact) mass is 518 g/mol. The second-order valence-electron chi connectivity index (χ2n) is 9.57. The van der Waals surface area contributed by atoms with Gasteiger partial charge in [-0.2, -0.15) is 0 Å². The summed E-state index contributed by atoms with van der Waals surface area (Å²) in [5.74, 6) is -0.0912. The molecule has 3 aromatic rings. The van der Waals surface area contributed by atoms with E-state index in [9.17, 15) is 14.0 Å². The fourth-order valence-corrected chi connectivity index (χ4v) is 5.69. The van der Waals surface area contributed by atoms with Crippen molar-refractivity contribution in [2.24, 2.45) is 0 Å². The molecule has 37 heavy (non-hydrogen) atoms. The molecule has 194 valence electrons. The predicted molar refractivity (Wildman–Crippen MR) is 148 cm³/mol. The third kappa shape index (κ3) is 8.19. The summed E-state index contributed by atoms with van der Waals surface area (Å²) in [6.45, 7) is 0.0527. The second kappa shape index (κ2) is 14.0. The fraction of sp³-hybridized carbons (Fsp3) is 0.355. The molecule has 3 aromatic carbocycles. The Labute approximate surface area is 223 Å². The van der Waals surface area contributed by atoms with E-state index in [1.54, 1.807) is 34.9 Å². The van der Waals surface area contributed by atoms with Crippen molar-refractivity contribution in [2.45, 2.75) is 68.5 Å². The first kappa shape index (κ1) is 26.9. The minimum atomic E-state index is -0.724. The zero-order valence-electron chi connectivity index (χ0n) is 21.2. The number of carbonyl (C=O) groups is 2. The standard InChI is InChI=1S/C31H35FN2O2S/c32-28-19-11-10-14-25(28)23-34(30(35)20-21-37-27-17-8-3-9-18-27)29(22-24-12-4-1-5-13-24)31(36)33-26-15-6-2-7-16-26/h1,3-5,8-14,17-19,26,29H,2,6-7,15-16,20-23H2,(H,33,36)/t29-/m0/s1. The average molecular weight is 519 g/mol.